The monoisotopic (exact) mass is 361 g/mol. The average Bonchev–Trinajstić information content (AvgIpc) is 2.73. The van der Waals surface area contributed by atoms with E-state index in [9.17, 15) is 4.79 Å². The Bertz CT molecular complexity index is 860. The van der Waals surface area contributed by atoms with Crippen LogP contribution in [0.3, 0.4) is 0 Å². The first-order chi connectivity index (χ1) is 13.2. The van der Waals surface area contributed by atoms with E-state index in [-0.39, 0.29) is 12.2 Å². The topological polar surface area (TPSA) is 68.8 Å². The molecule has 1 aliphatic heterocycles. The van der Waals surface area contributed by atoms with E-state index in [0.29, 0.717) is 6.54 Å². The third-order valence-corrected chi connectivity index (χ3v) is 4.21. The maximum atomic E-state index is 11.4. The summed E-state index contributed by atoms with van der Waals surface area (Å²) in [6.07, 6.45) is 4.67. The van der Waals surface area contributed by atoms with E-state index >= 15 is 0 Å². The van der Waals surface area contributed by atoms with Gasteiger partial charge in [0.05, 0.1) is 0 Å². The van der Waals surface area contributed by atoms with E-state index in [1.54, 1.807) is 6.21 Å². The van der Waals surface area contributed by atoms with Crippen molar-refractivity contribution in [2.45, 2.75) is 12.8 Å². The number of hydrogen-bond donors (Lipinski definition) is 3. The van der Waals surface area contributed by atoms with Gasteiger partial charge >= 0.3 is 0 Å². The highest BCUT2D eigenvalue weighted by molar-refractivity contribution is 5.86. The maximum absolute atomic E-state index is 11.4. The lowest BCUT2D eigenvalue weighted by molar-refractivity contribution is -0.116. The molecule has 27 heavy (non-hydrogen) atoms. The molecule has 3 N–H and O–H groups in total. The highest BCUT2D eigenvalue weighted by atomic mass is 16.1. The largest absolute Gasteiger partial charge is 0.348 e. The summed E-state index contributed by atoms with van der Waals surface area (Å²) >= 11 is 0. The minimum absolute atomic E-state index is 0.201. The van der Waals surface area contributed by atoms with Gasteiger partial charge in [-0.05, 0) is 35.9 Å². The second kappa shape index (κ2) is 8.71. The van der Waals surface area contributed by atoms with Crippen LogP contribution in [-0.4, -0.2) is 25.5 Å². The molecule has 0 saturated heterocycles. The Labute approximate surface area is 159 Å². The van der Waals surface area contributed by atoms with Gasteiger partial charge < -0.3 is 20.9 Å². The Kier molecular flexibility index (Phi) is 5.89. The molecule has 3 rings (SSSR count). The van der Waals surface area contributed by atoms with Crippen LogP contribution in [0, 0.1) is 0 Å². The SMILES string of the molecule is C=CC(=O)NCc1ccccc1NC1N=CC=C(N(C)c2ccccc2)N1. The van der Waals surface area contributed by atoms with E-state index < -0.39 is 0 Å². The lowest BCUT2D eigenvalue weighted by atomic mass is 10.1. The van der Waals surface area contributed by atoms with E-state index in [4.69, 9.17) is 0 Å². The molecule has 1 amide bonds. The number of benzene rings is 2. The van der Waals surface area contributed by atoms with Crippen molar-refractivity contribution in [1.82, 2.24) is 10.6 Å². The fourth-order valence-electron chi connectivity index (χ4n) is 2.71. The van der Waals surface area contributed by atoms with Gasteiger partial charge in [0.2, 0.25) is 5.91 Å². The van der Waals surface area contributed by atoms with Gasteiger partial charge in [-0.2, -0.15) is 0 Å². The molecule has 1 unspecified atom stereocenters. The number of allylic oxidation sites excluding steroid dienone is 1. The fourth-order valence-corrected chi connectivity index (χ4v) is 2.71. The smallest absolute Gasteiger partial charge is 0.243 e. The van der Waals surface area contributed by atoms with E-state index in [1.165, 1.54) is 6.08 Å². The summed E-state index contributed by atoms with van der Waals surface area (Å²) in [6, 6.07) is 17.9. The molecular formula is C21H23N5O. The summed E-state index contributed by atoms with van der Waals surface area (Å²) in [4.78, 5) is 18.0. The van der Waals surface area contributed by atoms with Gasteiger partial charge in [0.15, 0.2) is 6.29 Å². The number of nitrogens with zero attached hydrogens (tertiary/aromatic N) is 2. The summed E-state index contributed by atoms with van der Waals surface area (Å²) in [7, 11) is 2.00. The van der Waals surface area contributed by atoms with Crippen molar-refractivity contribution in [3.8, 4) is 0 Å². The van der Waals surface area contributed by atoms with Gasteiger partial charge in [-0.15, -0.1) is 0 Å². The first-order valence-corrected chi connectivity index (χ1v) is 8.71. The number of carbonyl (C=O) groups excluding carboxylic acids is 1. The number of para-hydroxylation sites is 2. The highest BCUT2D eigenvalue weighted by Crippen LogP contribution is 2.19. The Morgan fingerprint density at radius 2 is 1.96 bits per heavy atom. The molecule has 138 valence electrons. The molecule has 0 radical (unpaired) electrons. The molecule has 0 aromatic heterocycles. The van der Waals surface area contributed by atoms with Crippen LogP contribution in [0.15, 0.2) is 84.1 Å². The summed E-state index contributed by atoms with van der Waals surface area (Å²) in [5.41, 5.74) is 2.95. The van der Waals surface area contributed by atoms with Crippen LogP contribution < -0.4 is 20.9 Å². The standard InChI is InChI=1S/C21H23N5O/c1-3-20(27)23-15-16-9-7-8-12-18(16)24-21-22-14-13-19(25-21)26(2)17-10-5-4-6-11-17/h3-14,21,24-25H,1,15H2,2H3,(H,23,27). The van der Waals surface area contributed by atoms with Gasteiger partial charge in [-0.1, -0.05) is 43.0 Å². The van der Waals surface area contributed by atoms with Crippen LogP contribution in [0.5, 0.6) is 0 Å². The molecule has 6 nitrogen and oxygen atoms in total. The van der Waals surface area contributed by atoms with Gasteiger partial charge in [-0.25, -0.2) is 4.99 Å². The Morgan fingerprint density at radius 1 is 1.22 bits per heavy atom. The van der Waals surface area contributed by atoms with Crippen LogP contribution in [0.25, 0.3) is 0 Å². The molecule has 0 fully saturated rings. The van der Waals surface area contributed by atoms with Crippen LogP contribution >= 0.6 is 0 Å². The Hall–Kier alpha value is -3.54. The van der Waals surface area contributed by atoms with Crippen LogP contribution in [0.2, 0.25) is 0 Å². The summed E-state index contributed by atoms with van der Waals surface area (Å²) < 4.78 is 0. The molecular weight excluding hydrogens is 338 g/mol. The minimum Gasteiger partial charge on any atom is -0.348 e. The molecule has 0 spiro atoms. The van der Waals surface area contributed by atoms with Crippen molar-refractivity contribution in [3.63, 3.8) is 0 Å². The second-order valence-corrected chi connectivity index (χ2v) is 6.01. The zero-order valence-electron chi connectivity index (χ0n) is 15.2. The molecule has 6 heteroatoms. The maximum Gasteiger partial charge on any atom is 0.243 e. The zero-order valence-corrected chi connectivity index (χ0v) is 15.2. The number of amides is 1. The lowest BCUT2D eigenvalue weighted by Crippen LogP contribution is -2.41. The third kappa shape index (κ3) is 4.76. The van der Waals surface area contributed by atoms with Crippen LogP contribution in [0.4, 0.5) is 11.4 Å². The molecule has 1 atom stereocenters. The molecule has 0 saturated carbocycles. The number of carbonyl (C=O) groups is 1. The zero-order chi connectivity index (χ0) is 19.1. The Morgan fingerprint density at radius 3 is 2.74 bits per heavy atom. The number of hydrogen-bond acceptors (Lipinski definition) is 5. The fraction of sp³-hybridized carbons (Fsp3) is 0.143. The minimum atomic E-state index is -0.313. The van der Waals surface area contributed by atoms with Crippen molar-refractivity contribution in [2.75, 3.05) is 17.3 Å². The number of rotatable bonds is 7. The summed E-state index contributed by atoms with van der Waals surface area (Å²) in [5.74, 6) is 0.736. The molecule has 2 aromatic carbocycles. The highest BCUT2D eigenvalue weighted by Gasteiger charge is 2.16. The van der Waals surface area contributed by atoms with Gasteiger partial charge in [0, 0.05) is 31.2 Å². The van der Waals surface area contributed by atoms with Crippen LogP contribution in [0.1, 0.15) is 5.56 Å². The van der Waals surface area contributed by atoms with Gasteiger partial charge in [0.25, 0.3) is 0 Å². The quantitative estimate of drug-likeness (QED) is 0.664. The lowest BCUT2D eigenvalue weighted by Gasteiger charge is -2.29. The van der Waals surface area contributed by atoms with E-state index in [0.717, 1.165) is 22.8 Å². The molecule has 0 aliphatic carbocycles. The predicted molar refractivity (Wildman–Crippen MR) is 110 cm³/mol. The van der Waals surface area contributed by atoms with E-state index in [1.807, 2.05) is 67.7 Å². The molecule has 1 aliphatic rings. The van der Waals surface area contributed by atoms with Crippen molar-refractivity contribution < 1.29 is 4.79 Å². The van der Waals surface area contributed by atoms with Crippen LogP contribution in [-0.2, 0) is 11.3 Å². The predicted octanol–water partition coefficient (Wildman–Crippen LogP) is 2.84. The molecule has 0 bridgehead atoms. The molecule has 2 aromatic rings. The second-order valence-electron chi connectivity index (χ2n) is 6.01. The first-order valence-electron chi connectivity index (χ1n) is 8.71. The van der Waals surface area contributed by atoms with Gasteiger partial charge in [-0.3, -0.25) is 4.79 Å². The van der Waals surface area contributed by atoms with E-state index in [2.05, 4.69) is 32.4 Å². The van der Waals surface area contributed by atoms with Crippen molar-refractivity contribution >= 4 is 23.5 Å². The first kappa shape index (κ1) is 18.3. The van der Waals surface area contributed by atoms with Crippen molar-refractivity contribution in [2.24, 2.45) is 4.99 Å². The Balaban J connectivity index is 1.67. The third-order valence-electron chi connectivity index (χ3n) is 4.21. The van der Waals surface area contributed by atoms with Crippen molar-refractivity contribution in [3.05, 3.63) is 84.7 Å². The molecule has 1 heterocycles. The number of aliphatic imine (C=N–C) groups is 1. The number of nitrogens with one attached hydrogen (secondary N) is 3. The number of anilines is 2. The normalized spacial score (nSPS) is 15.3. The summed E-state index contributed by atoms with van der Waals surface area (Å²) in [5, 5.41) is 9.55. The van der Waals surface area contributed by atoms with Crippen molar-refractivity contribution in [1.29, 1.82) is 0 Å². The summed E-state index contributed by atoms with van der Waals surface area (Å²) in [6.45, 7) is 3.88. The van der Waals surface area contributed by atoms with Gasteiger partial charge in [0.1, 0.15) is 5.82 Å². The average molecular weight is 361 g/mol.